The number of hydrogen-bond acceptors (Lipinski definition) is 1. The maximum atomic E-state index is 2.36. The first-order valence-electron chi connectivity index (χ1n) is 11.6. The average molecular weight is 471 g/mol. The minimum Gasteiger partial charge on any atom is -0.122 e. The first kappa shape index (κ1) is 22.3. The van der Waals surface area contributed by atoms with Gasteiger partial charge in [0, 0.05) is 19.8 Å². The van der Waals surface area contributed by atoms with E-state index in [4.69, 9.17) is 0 Å². The molecule has 0 aromatic heterocycles. The third-order valence-corrected chi connectivity index (χ3v) is 8.37. The zero-order valence-corrected chi connectivity index (χ0v) is 20.9. The van der Waals surface area contributed by atoms with Crippen LogP contribution >= 0.6 is 11.8 Å². The van der Waals surface area contributed by atoms with E-state index in [9.17, 15) is 0 Å². The number of thioether (sulfide) groups is 1. The van der Waals surface area contributed by atoms with Gasteiger partial charge in [-0.25, -0.2) is 0 Å². The highest BCUT2D eigenvalue weighted by molar-refractivity contribution is 8.04. The maximum absolute atomic E-state index is 2.36. The lowest BCUT2D eigenvalue weighted by Gasteiger charge is -2.18. The molecule has 0 unspecified atom stereocenters. The Hall–Kier alpha value is -3.46. The summed E-state index contributed by atoms with van der Waals surface area (Å²) in [4.78, 5) is 1.54. The molecule has 2 heterocycles. The van der Waals surface area contributed by atoms with Crippen LogP contribution in [-0.2, 0) is 0 Å². The van der Waals surface area contributed by atoms with Crippen molar-refractivity contribution in [3.8, 4) is 0 Å². The first-order valence-corrected chi connectivity index (χ1v) is 13.8. The second-order valence-electron chi connectivity index (χ2n) is 8.07. The molecule has 0 nitrogen and oxygen atoms in total. The number of fused-ring (bicyclic) bond motifs is 1. The molecule has 0 atom stereocenters. The molecular formula is C32H26SSi. The summed E-state index contributed by atoms with van der Waals surface area (Å²) >= 11 is 1.97. The molecule has 0 fully saturated rings. The second-order valence-corrected chi connectivity index (χ2v) is 10.5. The van der Waals surface area contributed by atoms with E-state index >= 15 is 0 Å². The molecule has 6 rings (SSSR count). The van der Waals surface area contributed by atoms with Crippen molar-refractivity contribution in [3.63, 3.8) is 0 Å². The molecule has 164 valence electrons. The number of rotatable bonds is 4. The Bertz CT molecular complexity index is 1180. The summed E-state index contributed by atoms with van der Waals surface area (Å²) in [5, 5.41) is 1.63. The van der Waals surface area contributed by atoms with Crippen molar-refractivity contribution in [2.24, 2.45) is 0 Å². The van der Waals surface area contributed by atoms with Gasteiger partial charge in [0.2, 0.25) is 0 Å². The number of hydrogen-bond donors (Lipinski definition) is 0. The van der Waals surface area contributed by atoms with Crippen LogP contribution in [0.15, 0.2) is 144 Å². The van der Waals surface area contributed by atoms with Gasteiger partial charge >= 0.3 is 0 Å². The molecule has 2 aliphatic rings. The molecule has 0 aliphatic carbocycles. The van der Waals surface area contributed by atoms with Crippen molar-refractivity contribution >= 4 is 37.7 Å². The van der Waals surface area contributed by atoms with Crippen molar-refractivity contribution in [2.45, 2.75) is 0 Å². The molecule has 0 N–H and O–H groups in total. The molecule has 2 heteroatoms. The monoisotopic (exact) mass is 470 g/mol. The van der Waals surface area contributed by atoms with Crippen LogP contribution in [0.5, 0.6) is 0 Å². The van der Waals surface area contributed by atoms with E-state index in [1.807, 2.05) is 11.8 Å². The van der Waals surface area contributed by atoms with E-state index < -0.39 is 0 Å². The van der Waals surface area contributed by atoms with Crippen LogP contribution in [0, 0.1) is 0 Å². The van der Waals surface area contributed by atoms with Crippen LogP contribution in [0.1, 0.15) is 22.3 Å². The number of benzene rings is 4. The van der Waals surface area contributed by atoms with Gasteiger partial charge in [0.15, 0.2) is 0 Å². The fourth-order valence-electron chi connectivity index (χ4n) is 4.27. The van der Waals surface area contributed by atoms with E-state index in [0.717, 1.165) is 0 Å². The Balaban J connectivity index is 0.000000252. The highest BCUT2D eigenvalue weighted by Crippen LogP contribution is 2.36. The molecule has 0 saturated carbocycles. The summed E-state index contributed by atoms with van der Waals surface area (Å²) in [6, 6.07) is 42.6. The smallest absolute Gasteiger partial charge is 0.0304 e. The third-order valence-electron chi connectivity index (χ3n) is 5.85. The summed E-state index contributed by atoms with van der Waals surface area (Å²) in [5.74, 6) is 1.22. The van der Waals surface area contributed by atoms with Crippen molar-refractivity contribution < 1.29 is 0 Å². The van der Waals surface area contributed by atoms with Crippen molar-refractivity contribution in [1.82, 2.24) is 0 Å². The Labute approximate surface area is 208 Å². The highest BCUT2D eigenvalue weighted by Gasteiger charge is 2.15. The van der Waals surface area contributed by atoms with E-state index in [0.29, 0.717) is 9.13 Å². The predicted molar refractivity (Wildman–Crippen MR) is 153 cm³/mol. The highest BCUT2D eigenvalue weighted by atomic mass is 32.2. The zero-order valence-electron chi connectivity index (χ0n) is 19.0. The Kier molecular flexibility index (Phi) is 7.30. The van der Waals surface area contributed by atoms with Gasteiger partial charge in [-0.3, -0.25) is 0 Å². The fourth-order valence-corrected chi connectivity index (χ4v) is 6.91. The van der Waals surface area contributed by atoms with E-state index in [-0.39, 0.29) is 0 Å². The summed E-state index contributed by atoms with van der Waals surface area (Å²) in [5.41, 5.74) is 9.71. The number of allylic oxidation sites excluding steroid dienone is 2. The minimum absolute atomic E-state index is 0.530. The van der Waals surface area contributed by atoms with Crippen LogP contribution in [-0.4, -0.2) is 20.6 Å². The SMILES string of the molecule is C1=[SiH]C2=CCSC2=C1.c1ccc(C(=C(c2ccccc2)c2ccccc2)c2ccccc2)cc1. The molecule has 4 aromatic carbocycles. The third kappa shape index (κ3) is 5.20. The Morgan fingerprint density at radius 3 is 1.26 bits per heavy atom. The maximum Gasteiger partial charge on any atom is 0.0304 e. The van der Waals surface area contributed by atoms with Crippen molar-refractivity contribution in [3.05, 3.63) is 166 Å². The van der Waals surface area contributed by atoms with Gasteiger partial charge in [0.1, 0.15) is 0 Å². The lowest BCUT2D eigenvalue weighted by atomic mass is 9.86. The lowest BCUT2D eigenvalue weighted by Crippen LogP contribution is -1.97. The van der Waals surface area contributed by atoms with Crippen LogP contribution in [0.2, 0.25) is 0 Å². The molecular weight excluding hydrogens is 445 g/mol. The van der Waals surface area contributed by atoms with Crippen molar-refractivity contribution in [2.75, 3.05) is 5.75 Å². The standard InChI is InChI=1S/C26H20.C6H6SSi/c1-5-13-21(14-6-1)25(22-15-7-2-8-16-22)26(23-17-9-3-10-18-23)24-19-11-4-12-20-24;1-3-7-5-2-4-8-6(1)5/h1-20H;1-2,4,8H,3H2. The summed E-state index contributed by atoms with van der Waals surface area (Å²) in [7, 11) is 0.530. The quantitative estimate of drug-likeness (QED) is 0.220. The molecule has 0 saturated heterocycles. The zero-order chi connectivity index (χ0) is 23.0. The second kappa shape index (κ2) is 11.1. The molecule has 2 aliphatic heterocycles. The van der Waals surface area contributed by atoms with E-state index in [2.05, 4.69) is 139 Å². The molecule has 0 bridgehead atoms. The summed E-state index contributed by atoms with van der Waals surface area (Å²) < 4.78 is 0. The van der Waals surface area contributed by atoms with Crippen LogP contribution in [0.4, 0.5) is 0 Å². The Morgan fingerprint density at radius 2 is 0.912 bits per heavy atom. The fraction of sp³-hybridized carbons (Fsp3) is 0.0312. The average Bonchev–Trinajstić information content (AvgIpc) is 3.56. The van der Waals surface area contributed by atoms with Gasteiger partial charge in [-0.1, -0.05) is 139 Å². The van der Waals surface area contributed by atoms with Gasteiger partial charge in [0.05, 0.1) is 0 Å². The van der Waals surface area contributed by atoms with Gasteiger partial charge < -0.3 is 0 Å². The first-order chi connectivity index (χ1) is 16.9. The Morgan fingerprint density at radius 1 is 0.529 bits per heavy atom. The van der Waals surface area contributed by atoms with Gasteiger partial charge in [-0.15, -0.1) is 11.8 Å². The van der Waals surface area contributed by atoms with Gasteiger partial charge in [-0.05, 0) is 38.6 Å². The predicted octanol–water partition coefficient (Wildman–Crippen LogP) is 7.45. The van der Waals surface area contributed by atoms with Crippen molar-refractivity contribution in [1.29, 1.82) is 0 Å². The summed E-state index contributed by atoms with van der Waals surface area (Å²) in [6.45, 7) is 0. The lowest BCUT2D eigenvalue weighted by molar-refractivity contribution is 1.50. The van der Waals surface area contributed by atoms with E-state index in [1.54, 1.807) is 10.1 Å². The molecule has 4 aromatic rings. The normalized spacial score (nSPS) is 13.3. The van der Waals surface area contributed by atoms with Crippen LogP contribution in [0.25, 0.3) is 11.1 Å². The van der Waals surface area contributed by atoms with Gasteiger partial charge in [-0.2, -0.15) is 0 Å². The molecule has 0 amide bonds. The largest absolute Gasteiger partial charge is 0.122 e. The van der Waals surface area contributed by atoms with Gasteiger partial charge in [0.25, 0.3) is 0 Å². The topological polar surface area (TPSA) is 0 Å². The molecule has 0 radical (unpaired) electrons. The summed E-state index contributed by atoms with van der Waals surface area (Å²) in [6.07, 6.45) is 4.62. The van der Waals surface area contributed by atoms with Crippen LogP contribution in [0.3, 0.4) is 0 Å². The van der Waals surface area contributed by atoms with Crippen LogP contribution < -0.4 is 0 Å². The minimum atomic E-state index is 0.530. The molecule has 0 spiro atoms. The molecule has 34 heavy (non-hydrogen) atoms. The van der Waals surface area contributed by atoms with E-state index in [1.165, 1.54) is 39.2 Å².